The van der Waals surface area contributed by atoms with Crippen molar-refractivity contribution in [2.24, 2.45) is 4.99 Å². The fraction of sp³-hybridized carbons (Fsp3) is 0.148. The molecule has 2 aromatic heterocycles. The Balaban J connectivity index is 1.65. The molecule has 2 heterocycles. The molecule has 0 atom stereocenters. The molecule has 3 aromatic carbocycles. The standard InChI is InChI=1S/C27H25N5/c1-5-19-25(28-4)21-14-18(12-13-20(21)27-26(19)31-24(7-3)32-27)16-8-10-17(11-9-16)22-15-29-23(6-2)30-22/h5,8-15H,1,4,6-7H2,2-3H3,(H,29,30)(H,31,32). The van der Waals surface area contributed by atoms with Gasteiger partial charge in [-0.15, -0.1) is 0 Å². The minimum Gasteiger partial charge on any atom is -0.342 e. The van der Waals surface area contributed by atoms with Gasteiger partial charge in [0.2, 0.25) is 0 Å². The summed E-state index contributed by atoms with van der Waals surface area (Å²) in [5, 5.41) is 2.09. The Labute approximate surface area is 187 Å². The molecule has 5 aromatic rings. The van der Waals surface area contributed by atoms with E-state index in [9.17, 15) is 0 Å². The molecule has 0 radical (unpaired) electrons. The number of rotatable bonds is 6. The number of aliphatic imine (C=N–C) groups is 1. The summed E-state index contributed by atoms with van der Waals surface area (Å²) in [4.78, 5) is 20.4. The molecule has 0 bridgehead atoms. The van der Waals surface area contributed by atoms with Gasteiger partial charge in [-0.05, 0) is 29.5 Å². The van der Waals surface area contributed by atoms with Gasteiger partial charge in [0.25, 0.3) is 0 Å². The number of nitrogens with zero attached hydrogens (tertiary/aromatic N) is 3. The van der Waals surface area contributed by atoms with Gasteiger partial charge in [-0.3, -0.25) is 4.99 Å². The van der Waals surface area contributed by atoms with E-state index in [1.54, 1.807) is 0 Å². The van der Waals surface area contributed by atoms with Crippen molar-refractivity contribution in [3.63, 3.8) is 0 Å². The zero-order valence-electron chi connectivity index (χ0n) is 18.4. The van der Waals surface area contributed by atoms with E-state index in [1.807, 2.05) is 12.3 Å². The summed E-state index contributed by atoms with van der Waals surface area (Å²) in [6, 6.07) is 15.0. The second-order valence-electron chi connectivity index (χ2n) is 7.82. The number of H-pyrrole nitrogens is 2. The summed E-state index contributed by atoms with van der Waals surface area (Å²) in [6.45, 7) is 12.0. The van der Waals surface area contributed by atoms with E-state index >= 15 is 0 Å². The number of benzene rings is 3. The molecule has 158 valence electrons. The number of aryl methyl sites for hydroxylation is 2. The minimum absolute atomic E-state index is 0.830. The lowest BCUT2D eigenvalue weighted by molar-refractivity contribution is 0.991. The van der Waals surface area contributed by atoms with Gasteiger partial charge in [-0.25, -0.2) is 9.97 Å². The van der Waals surface area contributed by atoms with Crippen molar-refractivity contribution >= 4 is 40.3 Å². The van der Waals surface area contributed by atoms with Gasteiger partial charge < -0.3 is 9.97 Å². The number of nitrogens with one attached hydrogen (secondary N) is 2. The van der Waals surface area contributed by atoms with Crippen molar-refractivity contribution < 1.29 is 0 Å². The maximum atomic E-state index is 4.83. The lowest BCUT2D eigenvalue weighted by atomic mass is 9.96. The van der Waals surface area contributed by atoms with Gasteiger partial charge in [-0.1, -0.05) is 62.9 Å². The van der Waals surface area contributed by atoms with Gasteiger partial charge in [0.05, 0.1) is 28.6 Å². The minimum atomic E-state index is 0.830. The third kappa shape index (κ3) is 3.14. The van der Waals surface area contributed by atoms with Crippen LogP contribution in [0.3, 0.4) is 0 Å². The number of hydrogen-bond acceptors (Lipinski definition) is 3. The van der Waals surface area contributed by atoms with Gasteiger partial charge in [0, 0.05) is 29.2 Å². The van der Waals surface area contributed by atoms with Crippen LogP contribution < -0.4 is 0 Å². The maximum Gasteiger partial charge on any atom is 0.106 e. The van der Waals surface area contributed by atoms with Gasteiger partial charge in [-0.2, -0.15) is 0 Å². The highest BCUT2D eigenvalue weighted by molar-refractivity contribution is 6.15. The van der Waals surface area contributed by atoms with E-state index in [0.717, 1.165) is 79.9 Å². The summed E-state index contributed by atoms with van der Waals surface area (Å²) in [6.07, 6.45) is 5.46. The molecule has 0 unspecified atom stereocenters. The van der Waals surface area contributed by atoms with Crippen LogP contribution in [0.15, 0.2) is 60.2 Å². The molecule has 0 saturated carbocycles. The molecule has 0 amide bonds. The Morgan fingerprint density at radius 2 is 1.62 bits per heavy atom. The van der Waals surface area contributed by atoms with E-state index < -0.39 is 0 Å². The quantitative estimate of drug-likeness (QED) is 0.295. The first-order chi connectivity index (χ1) is 15.7. The monoisotopic (exact) mass is 419 g/mol. The Morgan fingerprint density at radius 1 is 0.906 bits per heavy atom. The van der Waals surface area contributed by atoms with Gasteiger partial charge in [0.1, 0.15) is 11.6 Å². The lowest BCUT2D eigenvalue weighted by Gasteiger charge is -2.11. The first-order valence-corrected chi connectivity index (χ1v) is 10.9. The highest BCUT2D eigenvalue weighted by atomic mass is 14.9. The van der Waals surface area contributed by atoms with Crippen LogP contribution in [-0.2, 0) is 12.8 Å². The summed E-state index contributed by atoms with van der Waals surface area (Å²) in [7, 11) is 0. The molecule has 5 rings (SSSR count). The molecule has 5 nitrogen and oxygen atoms in total. The Bertz CT molecular complexity index is 1470. The third-order valence-corrected chi connectivity index (χ3v) is 6.00. The van der Waals surface area contributed by atoms with Crippen LogP contribution in [0.5, 0.6) is 0 Å². The molecule has 2 N–H and O–H groups in total. The number of hydrogen-bond donors (Lipinski definition) is 2. The summed E-state index contributed by atoms with van der Waals surface area (Å²) >= 11 is 0. The van der Waals surface area contributed by atoms with Crippen LogP contribution in [0.4, 0.5) is 5.69 Å². The van der Waals surface area contributed by atoms with Crippen LogP contribution in [0.1, 0.15) is 31.1 Å². The van der Waals surface area contributed by atoms with Crippen molar-refractivity contribution in [3.8, 4) is 22.4 Å². The van der Waals surface area contributed by atoms with Gasteiger partial charge >= 0.3 is 0 Å². The van der Waals surface area contributed by atoms with Crippen molar-refractivity contribution in [1.29, 1.82) is 0 Å². The number of aromatic amines is 2. The van der Waals surface area contributed by atoms with Crippen molar-refractivity contribution in [2.75, 3.05) is 0 Å². The zero-order valence-corrected chi connectivity index (χ0v) is 18.4. The number of fused-ring (bicyclic) bond motifs is 3. The van der Waals surface area contributed by atoms with E-state index in [4.69, 9.17) is 4.98 Å². The molecule has 5 heteroatoms. The first-order valence-electron chi connectivity index (χ1n) is 10.9. The number of aromatic nitrogens is 4. The lowest BCUT2D eigenvalue weighted by Crippen LogP contribution is -1.86. The highest BCUT2D eigenvalue weighted by Crippen LogP contribution is 2.39. The highest BCUT2D eigenvalue weighted by Gasteiger charge is 2.16. The second kappa shape index (κ2) is 7.93. The zero-order chi connectivity index (χ0) is 22.2. The molecule has 0 fully saturated rings. The van der Waals surface area contributed by atoms with Crippen LogP contribution in [-0.4, -0.2) is 26.7 Å². The van der Waals surface area contributed by atoms with E-state index in [1.165, 1.54) is 0 Å². The number of imidazole rings is 2. The van der Waals surface area contributed by atoms with E-state index in [0.29, 0.717) is 0 Å². The van der Waals surface area contributed by atoms with Crippen molar-refractivity contribution in [2.45, 2.75) is 26.7 Å². The summed E-state index contributed by atoms with van der Waals surface area (Å²) in [5.41, 5.74) is 8.10. The fourth-order valence-electron chi connectivity index (χ4n) is 4.27. The predicted octanol–water partition coefficient (Wildman–Crippen LogP) is 6.87. The fourth-order valence-corrected chi connectivity index (χ4v) is 4.27. The first kappa shape index (κ1) is 19.9. The average molecular weight is 420 g/mol. The molecule has 0 spiro atoms. The average Bonchev–Trinajstić information content (AvgIpc) is 3.50. The van der Waals surface area contributed by atoms with E-state index in [-0.39, 0.29) is 0 Å². The largest absolute Gasteiger partial charge is 0.342 e. The molecular formula is C27H25N5. The summed E-state index contributed by atoms with van der Waals surface area (Å²) in [5.74, 6) is 1.95. The molecule has 32 heavy (non-hydrogen) atoms. The molecule has 0 aliphatic heterocycles. The molecule has 0 aliphatic carbocycles. The SMILES string of the molecule is C=Cc1c(N=C)c2cc(-c3ccc(-c4cnc(CC)[nH]4)cc3)ccc2c2nc(CC)[nH]c12. The van der Waals surface area contributed by atoms with E-state index in [2.05, 4.69) is 89.6 Å². The van der Waals surface area contributed by atoms with Crippen LogP contribution in [0.2, 0.25) is 0 Å². The normalized spacial score (nSPS) is 11.3. The maximum absolute atomic E-state index is 4.83. The van der Waals surface area contributed by atoms with Gasteiger partial charge in [0.15, 0.2) is 0 Å². The van der Waals surface area contributed by atoms with Crippen molar-refractivity contribution in [1.82, 2.24) is 19.9 Å². The Morgan fingerprint density at radius 3 is 2.28 bits per heavy atom. The smallest absolute Gasteiger partial charge is 0.106 e. The Kier molecular flexibility index (Phi) is 4.94. The topological polar surface area (TPSA) is 69.7 Å². The van der Waals surface area contributed by atoms with Crippen molar-refractivity contribution in [3.05, 3.63) is 72.5 Å². The molecule has 0 aliphatic rings. The third-order valence-electron chi connectivity index (χ3n) is 6.00. The summed E-state index contributed by atoms with van der Waals surface area (Å²) < 4.78 is 0. The Hall–Kier alpha value is -3.99. The van der Waals surface area contributed by atoms with Crippen LogP contribution in [0.25, 0.3) is 50.3 Å². The predicted molar refractivity (Wildman–Crippen MR) is 135 cm³/mol. The van der Waals surface area contributed by atoms with Crippen LogP contribution in [0, 0.1) is 0 Å². The molecular weight excluding hydrogens is 394 g/mol. The second-order valence-corrected chi connectivity index (χ2v) is 7.82. The van der Waals surface area contributed by atoms with Crippen LogP contribution >= 0.6 is 0 Å². The molecule has 0 saturated heterocycles.